The molecule has 0 amide bonds. The Labute approximate surface area is 99.1 Å². The van der Waals surface area contributed by atoms with Gasteiger partial charge < -0.3 is 14.9 Å². The van der Waals surface area contributed by atoms with Crippen molar-refractivity contribution in [2.24, 2.45) is 11.8 Å². The topological polar surface area (TPSA) is 83.8 Å². The zero-order valence-corrected chi connectivity index (χ0v) is 9.41. The molecule has 94 valence electrons. The molecule has 0 radical (unpaired) electrons. The van der Waals surface area contributed by atoms with Crippen LogP contribution in [-0.4, -0.2) is 34.4 Å². The highest BCUT2D eigenvalue weighted by atomic mass is 16.5. The molecule has 2 fully saturated rings. The Morgan fingerprint density at radius 3 is 2.47 bits per heavy atom. The second kappa shape index (κ2) is 4.87. The van der Waals surface area contributed by atoms with Gasteiger partial charge in [-0.25, -0.2) is 9.59 Å². The average molecular weight is 240 g/mol. The standard InChI is InChI=1S/C12H16O5/c13-9-3-1-8-7(9)2-4-10(8)17-12(16)6-5-11(14)15/h5-10,13H,1-4H2,(H,14,15)/t7-,8-,9-,10-/m0/s1. The third kappa shape index (κ3) is 2.66. The predicted molar refractivity (Wildman–Crippen MR) is 58.1 cm³/mol. The lowest BCUT2D eigenvalue weighted by Gasteiger charge is -2.18. The van der Waals surface area contributed by atoms with Crippen molar-refractivity contribution in [2.45, 2.75) is 37.9 Å². The van der Waals surface area contributed by atoms with Gasteiger partial charge in [0.05, 0.1) is 6.10 Å². The maximum Gasteiger partial charge on any atom is 0.331 e. The quantitative estimate of drug-likeness (QED) is 0.561. The maximum atomic E-state index is 11.3. The number of aliphatic carboxylic acids is 1. The van der Waals surface area contributed by atoms with Gasteiger partial charge >= 0.3 is 11.9 Å². The molecule has 0 aliphatic heterocycles. The normalized spacial score (nSPS) is 36.1. The third-order valence-electron chi connectivity index (χ3n) is 3.73. The highest BCUT2D eigenvalue weighted by Crippen LogP contribution is 2.45. The molecule has 2 N–H and O–H groups in total. The summed E-state index contributed by atoms with van der Waals surface area (Å²) < 4.78 is 5.22. The number of aliphatic hydroxyl groups is 1. The zero-order valence-electron chi connectivity index (χ0n) is 9.41. The number of carbonyl (C=O) groups is 2. The van der Waals surface area contributed by atoms with Gasteiger partial charge in [-0.1, -0.05) is 0 Å². The molecule has 4 atom stereocenters. The van der Waals surface area contributed by atoms with Crippen LogP contribution in [0.4, 0.5) is 0 Å². The van der Waals surface area contributed by atoms with Gasteiger partial charge in [-0.15, -0.1) is 0 Å². The summed E-state index contributed by atoms with van der Waals surface area (Å²) in [5.41, 5.74) is 0. The second-order valence-corrected chi connectivity index (χ2v) is 4.70. The monoisotopic (exact) mass is 240 g/mol. The number of carbonyl (C=O) groups excluding carboxylic acids is 1. The molecule has 0 saturated heterocycles. The van der Waals surface area contributed by atoms with E-state index in [1.54, 1.807) is 0 Å². The maximum absolute atomic E-state index is 11.3. The molecule has 2 aliphatic rings. The largest absolute Gasteiger partial charge is 0.478 e. The fourth-order valence-electron chi connectivity index (χ4n) is 2.99. The van der Waals surface area contributed by atoms with E-state index < -0.39 is 11.9 Å². The Morgan fingerprint density at radius 1 is 1.06 bits per heavy atom. The van der Waals surface area contributed by atoms with Gasteiger partial charge in [-0.3, -0.25) is 0 Å². The lowest BCUT2D eigenvalue weighted by atomic mass is 9.98. The highest BCUT2D eigenvalue weighted by Gasteiger charge is 2.45. The molecule has 0 unspecified atom stereocenters. The molecule has 0 spiro atoms. The van der Waals surface area contributed by atoms with Crippen molar-refractivity contribution >= 4 is 11.9 Å². The van der Waals surface area contributed by atoms with E-state index in [1.807, 2.05) is 0 Å². The summed E-state index contributed by atoms with van der Waals surface area (Å²) in [5, 5.41) is 18.1. The number of rotatable bonds is 3. The first-order valence-electron chi connectivity index (χ1n) is 5.87. The van der Waals surface area contributed by atoms with E-state index in [-0.39, 0.29) is 24.0 Å². The Hall–Kier alpha value is -1.36. The molecule has 0 aromatic carbocycles. The van der Waals surface area contributed by atoms with E-state index in [0.717, 1.165) is 37.8 Å². The molecule has 0 aromatic heterocycles. The number of fused-ring (bicyclic) bond motifs is 1. The van der Waals surface area contributed by atoms with Crippen LogP contribution in [0, 0.1) is 11.8 Å². The number of carboxylic acid groups (broad SMARTS) is 1. The Bertz CT molecular complexity index is 349. The van der Waals surface area contributed by atoms with Crippen LogP contribution in [0.3, 0.4) is 0 Å². The van der Waals surface area contributed by atoms with Crippen LogP contribution in [0.5, 0.6) is 0 Å². The number of esters is 1. The Morgan fingerprint density at radius 2 is 1.76 bits per heavy atom. The number of hydrogen-bond acceptors (Lipinski definition) is 4. The number of ether oxygens (including phenoxy) is 1. The van der Waals surface area contributed by atoms with Crippen molar-refractivity contribution in [3.05, 3.63) is 12.2 Å². The van der Waals surface area contributed by atoms with Gasteiger partial charge in [0.2, 0.25) is 0 Å². The van der Waals surface area contributed by atoms with E-state index in [9.17, 15) is 14.7 Å². The van der Waals surface area contributed by atoms with Crippen molar-refractivity contribution in [3.63, 3.8) is 0 Å². The van der Waals surface area contributed by atoms with Gasteiger partial charge in [0.25, 0.3) is 0 Å². The minimum absolute atomic E-state index is 0.164. The molecule has 17 heavy (non-hydrogen) atoms. The highest BCUT2D eigenvalue weighted by molar-refractivity contribution is 5.90. The third-order valence-corrected chi connectivity index (χ3v) is 3.73. The summed E-state index contributed by atoms with van der Waals surface area (Å²) in [6.07, 6.45) is 4.58. The first-order valence-corrected chi connectivity index (χ1v) is 5.87. The molecule has 0 heterocycles. The van der Waals surface area contributed by atoms with Crippen LogP contribution in [-0.2, 0) is 14.3 Å². The van der Waals surface area contributed by atoms with E-state index in [0.29, 0.717) is 0 Å². The van der Waals surface area contributed by atoms with E-state index in [2.05, 4.69) is 0 Å². The molecular formula is C12H16O5. The SMILES string of the molecule is O=C(O)C=CC(=O)O[C@H]1CC[C@H]2[C@@H]1CC[C@@H]2O. The summed E-state index contributed by atoms with van der Waals surface area (Å²) in [5.74, 6) is -1.29. The predicted octanol–water partition coefficient (Wildman–Crippen LogP) is 0.720. The first kappa shape index (κ1) is 12.1. The fraction of sp³-hybridized carbons (Fsp3) is 0.667. The summed E-state index contributed by atoms with van der Waals surface area (Å²) in [7, 11) is 0. The van der Waals surface area contributed by atoms with Gasteiger partial charge in [-0.2, -0.15) is 0 Å². The molecule has 0 bridgehead atoms. The number of aliphatic hydroxyl groups excluding tert-OH is 1. The number of carboxylic acids is 1. The van der Waals surface area contributed by atoms with E-state index in [4.69, 9.17) is 9.84 Å². The summed E-state index contributed by atoms with van der Waals surface area (Å²) in [6, 6.07) is 0. The zero-order chi connectivity index (χ0) is 12.4. The van der Waals surface area contributed by atoms with Crippen LogP contribution in [0.2, 0.25) is 0 Å². The van der Waals surface area contributed by atoms with Crippen LogP contribution in [0.25, 0.3) is 0 Å². The van der Waals surface area contributed by atoms with Crippen molar-refractivity contribution in [3.8, 4) is 0 Å². The van der Waals surface area contributed by atoms with E-state index in [1.165, 1.54) is 0 Å². The van der Waals surface area contributed by atoms with Crippen LogP contribution in [0.1, 0.15) is 25.7 Å². The molecule has 0 aromatic rings. The lowest BCUT2D eigenvalue weighted by Crippen LogP contribution is -2.23. The van der Waals surface area contributed by atoms with E-state index >= 15 is 0 Å². The van der Waals surface area contributed by atoms with Gasteiger partial charge in [-0.05, 0) is 31.6 Å². The van der Waals surface area contributed by atoms with Crippen LogP contribution < -0.4 is 0 Å². The molecule has 2 rings (SSSR count). The summed E-state index contributed by atoms with van der Waals surface area (Å²) in [6.45, 7) is 0. The fourth-order valence-corrected chi connectivity index (χ4v) is 2.99. The van der Waals surface area contributed by atoms with Gasteiger partial charge in [0.15, 0.2) is 0 Å². The number of hydrogen-bond donors (Lipinski definition) is 2. The Balaban J connectivity index is 1.88. The Kier molecular flexibility index (Phi) is 3.47. The lowest BCUT2D eigenvalue weighted by molar-refractivity contribution is -0.145. The van der Waals surface area contributed by atoms with Gasteiger partial charge in [0.1, 0.15) is 6.10 Å². The molecule has 5 nitrogen and oxygen atoms in total. The van der Waals surface area contributed by atoms with Crippen molar-refractivity contribution < 1.29 is 24.5 Å². The minimum Gasteiger partial charge on any atom is -0.478 e. The average Bonchev–Trinajstić information content (AvgIpc) is 2.81. The van der Waals surface area contributed by atoms with Crippen LogP contribution in [0.15, 0.2) is 12.2 Å². The van der Waals surface area contributed by atoms with Crippen LogP contribution >= 0.6 is 0 Å². The second-order valence-electron chi connectivity index (χ2n) is 4.70. The summed E-state index contributed by atoms with van der Waals surface area (Å²) in [4.78, 5) is 21.6. The van der Waals surface area contributed by atoms with Gasteiger partial charge in [0, 0.05) is 18.1 Å². The van der Waals surface area contributed by atoms with Crippen molar-refractivity contribution in [1.82, 2.24) is 0 Å². The van der Waals surface area contributed by atoms with Crippen molar-refractivity contribution in [2.75, 3.05) is 0 Å². The molecule has 2 saturated carbocycles. The smallest absolute Gasteiger partial charge is 0.331 e. The minimum atomic E-state index is -1.16. The first-order chi connectivity index (χ1) is 8.08. The van der Waals surface area contributed by atoms with Crippen molar-refractivity contribution in [1.29, 1.82) is 0 Å². The molecule has 2 aliphatic carbocycles. The summed E-state index contributed by atoms with van der Waals surface area (Å²) >= 11 is 0. The molecular weight excluding hydrogens is 224 g/mol. The molecule has 5 heteroatoms.